The number of hydrogen-bond donors (Lipinski definition) is 0. The summed E-state index contributed by atoms with van der Waals surface area (Å²) in [6.07, 6.45) is -2.93. The molecule has 0 aliphatic carbocycles. The summed E-state index contributed by atoms with van der Waals surface area (Å²) in [5.74, 6) is 0.798. The predicted molar refractivity (Wildman–Crippen MR) is 78.0 cm³/mol. The number of rotatable bonds is 4. The number of carbonyl (C=O) groups is 1. The molecule has 0 spiro atoms. The summed E-state index contributed by atoms with van der Waals surface area (Å²) in [7, 11) is 0. The molecule has 3 rings (SSSR count). The Labute approximate surface area is 137 Å². The lowest BCUT2D eigenvalue weighted by Crippen LogP contribution is -2.35. The third-order valence-corrected chi connectivity index (χ3v) is 4.02. The van der Waals surface area contributed by atoms with Crippen LogP contribution in [0.3, 0.4) is 0 Å². The molecule has 1 aromatic carbocycles. The van der Waals surface area contributed by atoms with E-state index in [1.165, 1.54) is 0 Å². The highest BCUT2D eigenvalue weighted by Crippen LogP contribution is 2.42. The number of alkyl halides is 3. The molecular weight excluding hydrogens is 327 g/mol. The van der Waals surface area contributed by atoms with Crippen LogP contribution in [0.25, 0.3) is 0 Å². The zero-order valence-corrected chi connectivity index (χ0v) is 13.0. The van der Waals surface area contributed by atoms with E-state index in [2.05, 4.69) is 4.74 Å². The van der Waals surface area contributed by atoms with Crippen molar-refractivity contribution in [1.82, 2.24) is 4.90 Å². The Balaban J connectivity index is 1.71. The van der Waals surface area contributed by atoms with E-state index in [0.29, 0.717) is 31.3 Å². The maximum Gasteiger partial charge on any atom is 0.411 e. The number of para-hydroxylation sites is 1. The zero-order valence-electron chi connectivity index (χ0n) is 13.0. The monoisotopic (exact) mass is 345 g/mol. The van der Waals surface area contributed by atoms with Gasteiger partial charge in [-0.25, -0.2) is 0 Å². The maximum atomic E-state index is 12.2. The van der Waals surface area contributed by atoms with Gasteiger partial charge in [0.2, 0.25) is 5.91 Å². The van der Waals surface area contributed by atoms with Gasteiger partial charge in [0, 0.05) is 12.1 Å². The van der Waals surface area contributed by atoms with Gasteiger partial charge in [-0.05, 0) is 18.9 Å². The summed E-state index contributed by atoms with van der Waals surface area (Å²) in [6.45, 7) is -0.616. The minimum absolute atomic E-state index is 0.233. The summed E-state index contributed by atoms with van der Waals surface area (Å²) >= 11 is 0. The molecule has 1 atom stereocenters. The number of carbonyl (C=O) groups excluding carboxylic acids is 1. The molecule has 8 heteroatoms. The van der Waals surface area contributed by atoms with E-state index in [4.69, 9.17) is 9.47 Å². The Hall–Kier alpha value is -1.96. The van der Waals surface area contributed by atoms with E-state index in [0.717, 1.165) is 18.4 Å². The molecule has 0 aromatic heterocycles. The quantitative estimate of drug-likeness (QED) is 0.842. The first-order valence-corrected chi connectivity index (χ1v) is 7.78. The van der Waals surface area contributed by atoms with Crippen molar-refractivity contribution < 1.29 is 32.2 Å². The Morgan fingerprint density at radius 3 is 2.88 bits per heavy atom. The summed E-state index contributed by atoms with van der Waals surface area (Å²) in [5, 5.41) is 0. The molecule has 0 unspecified atom stereocenters. The number of amides is 1. The molecule has 2 aliphatic heterocycles. The molecule has 1 amide bonds. The van der Waals surface area contributed by atoms with Crippen LogP contribution in [0, 0.1) is 0 Å². The highest BCUT2D eigenvalue weighted by atomic mass is 19.4. The Morgan fingerprint density at radius 1 is 1.29 bits per heavy atom. The highest BCUT2D eigenvalue weighted by Gasteiger charge is 2.34. The van der Waals surface area contributed by atoms with Crippen LogP contribution in [0.15, 0.2) is 18.2 Å². The van der Waals surface area contributed by atoms with Crippen molar-refractivity contribution in [2.24, 2.45) is 0 Å². The lowest BCUT2D eigenvalue weighted by Gasteiger charge is -2.29. The van der Waals surface area contributed by atoms with Crippen LogP contribution in [-0.4, -0.2) is 50.0 Å². The van der Waals surface area contributed by atoms with Crippen LogP contribution < -0.4 is 9.47 Å². The maximum absolute atomic E-state index is 12.2. The first-order valence-electron chi connectivity index (χ1n) is 7.78. The van der Waals surface area contributed by atoms with E-state index in [-0.39, 0.29) is 6.04 Å². The molecule has 2 heterocycles. The fourth-order valence-electron chi connectivity index (χ4n) is 3.08. The van der Waals surface area contributed by atoms with E-state index in [1.54, 1.807) is 11.0 Å². The second kappa shape index (κ2) is 6.88. The van der Waals surface area contributed by atoms with Crippen molar-refractivity contribution in [2.75, 3.05) is 33.0 Å². The number of hydrogen-bond acceptors (Lipinski definition) is 4. The van der Waals surface area contributed by atoms with Gasteiger partial charge in [-0.1, -0.05) is 12.1 Å². The highest BCUT2D eigenvalue weighted by molar-refractivity contribution is 5.78. The van der Waals surface area contributed by atoms with E-state index in [9.17, 15) is 18.0 Å². The molecule has 0 saturated carbocycles. The second-order valence-corrected chi connectivity index (χ2v) is 5.72. The van der Waals surface area contributed by atoms with Gasteiger partial charge in [-0.3, -0.25) is 4.79 Å². The van der Waals surface area contributed by atoms with Gasteiger partial charge in [0.1, 0.15) is 26.4 Å². The van der Waals surface area contributed by atoms with Gasteiger partial charge in [-0.2, -0.15) is 13.2 Å². The number of fused-ring (bicyclic) bond motifs is 1. The van der Waals surface area contributed by atoms with Crippen LogP contribution >= 0.6 is 0 Å². The smallest absolute Gasteiger partial charge is 0.411 e. The average molecular weight is 345 g/mol. The van der Waals surface area contributed by atoms with E-state index in [1.807, 2.05) is 12.1 Å². The van der Waals surface area contributed by atoms with E-state index >= 15 is 0 Å². The largest absolute Gasteiger partial charge is 0.486 e. The normalized spacial score (nSPS) is 20.3. The number of likely N-dealkylation sites (tertiary alicyclic amines) is 1. The molecule has 5 nitrogen and oxygen atoms in total. The fraction of sp³-hybridized carbons (Fsp3) is 0.562. The molecule has 0 N–H and O–H groups in total. The Morgan fingerprint density at radius 2 is 2.08 bits per heavy atom. The topological polar surface area (TPSA) is 48.0 Å². The van der Waals surface area contributed by atoms with Crippen LogP contribution in [0.5, 0.6) is 11.5 Å². The first kappa shape index (κ1) is 16.9. The minimum Gasteiger partial charge on any atom is -0.486 e. The van der Waals surface area contributed by atoms with Gasteiger partial charge < -0.3 is 19.1 Å². The molecule has 24 heavy (non-hydrogen) atoms. The molecule has 0 bridgehead atoms. The fourth-order valence-corrected chi connectivity index (χ4v) is 3.08. The van der Waals surface area contributed by atoms with Crippen LogP contribution in [0.1, 0.15) is 24.4 Å². The second-order valence-electron chi connectivity index (χ2n) is 5.72. The standard InChI is InChI=1S/C16H18F3NO4/c17-16(18,19)10-22-9-14(21)20-6-2-4-12(20)11-3-1-5-13-15(11)24-8-7-23-13/h1,3,5,12H,2,4,6-10H2/t12-/m0/s1. The van der Waals surface area contributed by atoms with Crippen molar-refractivity contribution in [3.05, 3.63) is 23.8 Å². The summed E-state index contributed by atoms with van der Waals surface area (Å²) in [6, 6.07) is 5.25. The van der Waals surface area contributed by atoms with Gasteiger partial charge in [0.15, 0.2) is 11.5 Å². The number of ether oxygens (including phenoxy) is 3. The molecular formula is C16H18F3NO4. The first-order chi connectivity index (χ1) is 11.5. The molecule has 2 aliphatic rings. The van der Waals surface area contributed by atoms with Gasteiger partial charge >= 0.3 is 6.18 Å². The summed E-state index contributed by atoms with van der Waals surface area (Å²) in [5.41, 5.74) is 0.828. The third-order valence-electron chi connectivity index (χ3n) is 4.02. The SMILES string of the molecule is O=C(COCC(F)(F)F)N1CCC[C@H]1c1cccc2c1OCCO2. The van der Waals surface area contributed by atoms with Crippen LogP contribution in [-0.2, 0) is 9.53 Å². The Kier molecular flexibility index (Phi) is 4.84. The number of benzene rings is 1. The van der Waals surface area contributed by atoms with Crippen molar-refractivity contribution in [3.63, 3.8) is 0 Å². The van der Waals surface area contributed by atoms with Gasteiger partial charge in [-0.15, -0.1) is 0 Å². The van der Waals surface area contributed by atoms with Gasteiger partial charge in [0.25, 0.3) is 0 Å². The van der Waals surface area contributed by atoms with Gasteiger partial charge in [0.05, 0.1) is 6.04 Å². The van der Waals surface area contributed by atoms with Crippen molar-refractivity contribution >= 4 is 5.91 Å². The number of nitrogens with zero attached hydrogens (tertiary/aromatic N) is 1. The molecule has 132 valence electrons. The lowest BCUT2D eigenvalue weighted by atomic mass is 10.0. The van der Waals surface area contributed by atoms with Crippen molar-refractivity contribution in [1.29, 1.82) is 0 Å². The van der Waals surface area contributed by atoms with Crippen molar-refractivity contribution in [2.45, 2.75) is 25.1 Å². The molecule has 1 saturated heterocycles. The van der Waals surface area contributed by atoms with E-state index < -0.39 is 25.3 Å². The molecule has 0 radical (unpaired) electrons. The summed E-state index contributed by atoms with van der Waals surface area (Å²) < 4.78 is 52.1. The van der Waals surface area contributed by atoms with Crippen molar-refractivity contribution in [3.8, 4) is 11.5 Å². The minimum atomic E-state index is -4.44. The molecule has 1 fully saturated rings. The Bertz CT molecular complexity index is 605. The number of halogens is 3. The lowest BCUT2D eigenvalue weighted by molar-refractivity contribution is -0.178. The van der Waals surface area contributed by atoms with Crippen LogP contribution in [0.4, 0.5) is 13.2 Å². The summed E-state index contributed by atoms with van der Waals surface area (Å²) in [4.78, 5) is 13.8. The third kappa shape index (κ3) is 3.75. The van der Waals surface area contributed by atoms with Crippen LogP contribution in [0.2, 0.25) is 0 Å². The molecule has 1 aromatic rings. The average Bonchev–Trinajstić information content (AvgIpc) is 3.02. The predicted octanol–water partition coefficient (Wildman–Crippen LogP) is 2.70. The zero-order chi connectivity index (χ0) is 17.2.